The van der Waals surface area contributed by atoms with Crippen molar-refractivity contribution >= 4 is 35.3 Å². The van der Waals surface area contributed by atoms with Gasteiger partial charge in [0.05, 0.1) is 18.3 Å². The van der Waals surface area contributed by atoms with Crippen LogP contribution in [0.1, 0.15) is 159 Å². The molecule has 300 valence electrons. The van der Waals surface area contributed by atoms with Gasteiger partial charge < -0.3 is 43.9 Å². The SMILES string of the molecule is CCCOC(CCC)C(CC)C(=O)CC(=O)[O-].CCCOC(CCC)C(CC)C(=O)CC(=O)[O-].CCCOC(CCC)C(CC)C(=O)CC(=O)[O-].[Y+3]. The standard InChI is InChI=1S/3C13H24O4.Y/c3*1-4-7-12(17-8-5-2)10(6-3)11(14)9-13(15)16;/h3*10,12H,4-9H2,1-3H3,(H,15,16);/q;;;+3/p-3. The molecule has 0 saturated heterocycles. The molecule has 0 aliphatic heterocycles. The Bertz CT molecular complexity index is 839. The van der Waals surface area contributed by atoms with Crippen LogP contribution in [-0.2, 0) is 75.7 Å². The summed E-state index contributed by atoms with van der Waals surface area (Å²) in [4.78, 5) is 66.6. The van der Waals surface area contributed by atoms with Crippen LogP contribution < -0.4 is 15.3 Å². The Labute approximate surface area is 339 Å². The second-order valence-corrected chi connectivity index (χ2v) is 12.7. The number of carbonyl (C=O) groups is 6. The first-order valence-electron chi connectivity index (χ1n) is 19.2. The Morgan fingerprint density at radius 1 is 0.404 bits per heavy atom. The van der Waals surface area contributed by atoms with Crippen LogP contribution >= 0.6 is 0 Å². The molecule has 0 spiro atoms. The van der Waals surface area contributed by atoms with Gasteiger partial charge in [-0.1, -0.05) is 81.6 Å². The number of Topliss-reactive ketones (excluding diaryl/α,β-unsaturated/α-hetero) is 3. The molecule has 12 nitrogen and oxygen atoms in total. The fourth-order valence-corrected chi connectivity index (χ4v) is 5.78. The Balaban J connectivity index is -0.000000329. The normalized spacial score (nSPS) is 14.0. The number of ether oxygens (including phenoxy) is 3. The second kappa shape index (κ2) is 37.7. The Kier molecular flexibility index (Phi) is 41.4. The van der Waals surface area contributed by atoms with E-state index in [0.717, 1.165) is 57.8 Å². The summed E-state index contributed by atoms with van der Waals surface area (Å²) in [5.41, 5.74) is 0. The van der Waals surface area contributed by atoms with Crippen molar-refractivity contribution < 1.29 is 91.0 Å². The smallest absolute Gasteiger partial charge is 0.550 e. The summed E-state index contributed by atoms with van der Waals surface area (Å²) in [6.45, 7) is 19.6. The van der Waals surface area contributed by atoms with Crippen LogP contribution in [0.5, 0.6) is 0 Å². The summed E-state index contributed by atoms with van der Waals surface area (Å²) < 4.78 is 17.0. The molecule has 0 rings (SSSR count). The topological polar surface area (TPSA) is 199 Å². The van der Waals surface area contributed by atoms with Crippen molar-refractivity contribution in [3.05, 3.63) is 0 Å². The molecular weight excluding hydrogens is 749 g/mol. The van der Waals surface area contributed by atoms with Crippen LogP contribution in [0.15, 0.2) is 0 Å². The number of carboxylic acids is 3. The quantitative estimate of drug-likeness (QED) is 0.0948. The number of hydrogen-bond donors (Lipinski definition) is 0. The second-order valence-electron chi connectivity index (χ2n) is 12.7. The van der Waals surface area contributed by atoms with Crippen molar-refractivity contribution in [3.63, 3.8) is 0 Å². The number of carboxylic acid groups (broad SMARTS) is 3. The van der Waals surface area contributed by atoms with Gasteiger partial charge in [0.25, 0.3) is 0 Å². The molecule has 6 unspecified atom stereocenters. The summed E-state index contributed by atoms with van der Waals surface area (Å²) >= 11 is 0. The van der Waals surface area contributed by atoms with Crippen molar-refractivity contribution in [1.29, 1.82) is 0 Å². The third kappa shape index (κ3) is 28.8. The third-order valence-electron chi connectivity index (χ3n) is 8.19. The minimum atomic E-state index is -1.31. The number of hydrogen-bond acceptors (Lipinski definition) is 12. The fraction of sp³-hybridized carbons (Fsp3) is 0.846. The molecule has 0 aliphatic carbocycles. The van der Waals surface area contributed by atoms with E-state index in [9.17, 15) is 44.1 Å². The van der Waals surface area contributed by atoms with E-state index in [0.29, 0.717) is 39.1 Å². The molecule has 0 bridgehead atoms. The van der Waals surface area contributed by atoms with Crippen LogP contribution in [0, 0.1) is 17.8 Å². The summed E-state index contributed by atoms with van der Waals surface area (Å²) in [5.74, 6) is -5.71. The van der Waals surface area contributed by atoms with E-state index in [1.165, 1.54) is 0 Å². The minimum Gasteiger partial charge on any atom is -0.550 e. The van der Waals surface area contributed by atoms with Gasteiger partial charge in [0.1, 0.15) is 17.3 Å². The molecule has 13 heteroatoms. The van der Waals surface area contributed by atoms with Crippen molar-refractivity contribution in [1.82, 2.24) is 0 Å². The van der Waals surface area contributed by atoms with Crippen LogP contribution in [0.3, 0.4) is 0 Å². The van der Waals surface area contributed by atoms with Gasteiger partial charge >= 0.3 is 32.7 Å². The summed E-state index contributed by atoms with van der Waals surface area (Å²) in [7, 11) is 0. The summed E-state index contributed by atoms with van der Waals surface area (Å²) in [5, 5.41) is 31.4. The molecule has 0 aromatic heterocycles. The maximum Gasteiger partial charge on any atom is 3.00 e. The van der Waals surface area contributed by atoms with E-state index in [2.05, 4.69) is 0 Å². The number of aliphatic carboxylic acids is 3. The Hall–Kier alpha value is -1.60. The van der Waals surface area contributed by atoms with Gasteiger partial charge in [-0.2, -0.15) is 0 Å². The van der Waals surface area contributed by atoms with Crippen LogP contribution in [0.25, 0.3) is 0 Å². The maximum absolute atomic E-state index is 11.8. The third-order valence-corrected chi connectivity index (χ3v) is 8.19. The van der Waals surface area contributed by atoms with Crippen molar-refractivity contribution in [2.75, 3.05) is 19.8 Å². The molecule has 52 heavy (non-hydrogen) atoms. The molecule has 0 aromatic carbocycles. The van der Waals surface area contributed by atoms with E-state index in [4.69, 9.17) is 14.2 Å². The molecule has 0 saturated carbocycles. The van der Waals surface area contributed by atoms with Crippen molar-refractivity contribution in [3.8, 4) is 0 Å². The number of ketones is 3. The Morgan fingerprint density at radius 3 is 0.750 bits per heavy atom. The maximum atomic E-state index is 11.8. The van der Waals surface area contributed by atoms with Gasteiger partial charge in [0.2, 0.25) is 0 Å². The molecule has 0 heterocycles. The molecule has 0 amide bonds. The number of carbonyl (C=O) groups excluding carboxylic acids is 6. The van der Waals surface area contributed by atoms with Gasteiger partial charge in [-0.25, -0.2) is 0 Å². The van der Waals surface area contributed by atoms with E-state index in [1.54, 1.807) is 0 Å². The molecule has 0 aliphatic rings. The van der Waals surface area contributed by atoms with E-state index < -0.39 is 37.2 Å². The van der Waals surface area contributed by atoms with Crippen LogP contribution in [0.4, 0.5) is 0 Å². The zero-order valence-corrected chi connectivity index (χ0v) is 36.5. The summed E-state index contributed by atoms with van der Waals surface area (Å²) in [6.07, 6.45) is 7.66. The first kappa shape index (κ1) is 57.1. The fourth-order valence-electron chi connectivity index (χ4n) is 5.78. The predicted octanol–water partition coefficient (Wildman–Crippen LogP) is 3.95. The van der Waals surface area contributed by atoms with Crippen molar-refractivity contribution in [2.24, 2.45) is 17.8 Å². The van der Waals surface area contributed by atoms with Crippen molar-refractivity contribution in [2.45, 2.75) is 177 Å². The zero-order valence-electron chi connectivity index (χ0n) is 33.7. The van der Waals surface area contributed by atoms with Gasteiger partial charge in [-0.05, 0) is 57.8 Å². The van der Waals surface area contributed by atoms with Gasteiger partial charge in [-0.15, -0.1) is 0 Å². The van der Waals surface area contributed by atoms with Gasteiger partial charge in [0, 0.05) is 74.7 Å². The van der Waals surface area contributed by atoms with E-state index in [1.807, 2.05) is 62.3 Å². The predicted molar refractivity (Wildman–Crippen MR) is 190 cm³/mol. The van der Waals surface area contributed by atoms with Crippen LogP contribution in [-0.4, -0.2) is 73.4 Å². The van der Waals surface area contributed by atoms with Gasteiger partial charge in [-0.3, -0.25) is 14.4 Å². The minimum absolute atomic E-state index is 0. The van der Waals surface area contributed by atoms with E-state index >= 15 is 0 Å². The largest absolute Gasteiger partial charge is 3.00 e. The summed E-state index contributed by atoms with van der Waals surface area (Å²) in [6, 6.07) is 0. The first-order chi connectivity index (χ1) is 24.2. The Morgan fingerprint density at radius 2 is 0.615 bits per heavy atom. The monoisotopic (exact) mass is 818 g/mol. The zero-order chi connectivity index (χ0) is 39.8. The molecular formula is C39H69O12Y. The first-order valence-corrected chi connectivity index (χ1v) is 19.2. The number of rotatable bonds is 30. The molecule has 0 N–H and O–H groups in total. The average Bonchev–Trinajstić information content (AvgIpc) is 3.05. The van der Waals surface area contributed by atoms with E-state index in [-0.39, 0.29) is 86.1 Å². The molecule has 0 aromatic rings. The average molecular weight is 819 g/mol. The molecule has 0 radical (unpaired) electrons. The van der Waals surface area contributed by atoms with Crippen LogP contribution in [0.2, 0.25) is 0 Å². The van der Waals surface area contributed by atoms with Gasteiger partial charge in [0.15, 0.2) is 0 Å². The molecule has 6 atom stereocenters. The molecule has 0 fully saturated rings.